The van der Waals surface area contributed by atoms with Crippen molar-refractivity contribution < 1.29 is 14.6 Å². The van der Waals surface area contributed by atoms with Gasteiger partial charge in [0.2, 0.25) is 5.91 Å². The van der Waals surface area contributed by atoms with E-state index < -0.39 is 6.04 Å². The minimum Gasteiger partial charge on any atom is -0.504 e. The van der Waals surface area contributed by atoms with Crippen molar-refractivity contribution in [3.05, 3.63) is 23.8 Å². The number of amides is 1. The zero-order valence-corrected chi connectivity index (χ0v) is 12.8. The predicted molar refractivity (Wildman–Crippen MR) is 78.6 cm³/mol. The zero-order valence-electron chi connectivity index (χ0n) is 12.8. The van der Waals surface area contributed by atoms with Crippen LogP contribution in [0, 0.1) is 5.41 Å². The van der Waals surface area contributed by atoms with Crippen LogP contribution in [0.4, 0.5) is 0 Å². The summed E-state index contributed by atoms with van der Waals surface area (Å²) in [5.74, 6) is 0.355. The van der Waals surface area contributed by atoms with Crippen LogP contribution in [0.3, 0.4) is 0 Å². The number of phenols is 1. The number of benzene rings is 1. The molecular weight excluding hydrogens is 256 g/mol. The Hall–Kier alpha value is -1.75. The number of nitrogens with zero attached hydrogens (tertiary/aromatic N) is 1. The SMILES string of the molecule is COc1ccc(CN(C)C(=O)[C@@H](N)C(C)(C)C)cc1O. The molecule has 1 aromatic rings. The van der Waals surface area contributed by atoms with Crippen molar-refractivity contribution in [2.75, 3.05) is 14.2 Å². The third-order valence-corrected chi connectivity index (χ3v) is 3.24. The first-order chi connectivity index (χ1) is 9.16. The summed E-state index contributed by atoms with van der Waals surface area (Å²) in [5.41, 5.74) is 6.50. The van der Waals surface area contributed by atoms with E-state index in [1.54, 1.807) is 24.1 Å². The van der Waals surface area contributed by atoms with Crippen LogP contribution in [0.25, 0.3) is 0 Å². The van der Waals surface area contributed by atoms with Gasteiger partial charge >= 0.3 is 0 Å². The summed E-state index contributed by atoms with van der Waals surface area (Å²) in [6, 6.07) is 4.52. The lowest BCUT2D eigenvalue weighted by Gasteiger charge is -2.30. The molecule has 1 rings (SSSR count). The van der Waals surface area contributed by atoms with Gasteiger partial charge in [-0.05, 0) is 23.1 Å². The van der Waals surface area contributed by atoms with Gasteiger partial charge in [0.25, 0.3) is 0 Å². The molecule has 0 fully saturated rings. The summed E-state index contributed by atoms with van der Waals surface area (Å²) in [7, 11) is 3.20. The first-order valence-corrected chi connectivity index (χ1v) is 6.53. The molecule has 3 N–H and O–H groups in total. The van der Waals surface area contributed by atoms with E-state index in [2.05, 4.69) is 0 Å². The van der Waals surface area contributed by atoms with Gasteiger partial charge in [-0.25, -0.2) is 0 Å². The summed E-state index contributed by atoms with van der Waals surface area (Å²) in [5, 5.41) is 9.73. The number of methoxy groups -OCH3 is 1. The minimum absolute atomic E-state index is 0.0611. The molecule has 0 radical (unpaired) electrons. The van der Waals surface area contributed by atoms with E-state index in [1.807, 2.05) is 26.8 Å². The molecule has 0 aromatic heterocycles. The highest BCUT2D eigenvalue weighted by Gasteiger charge is 2.29. The van der Waals surface area contributed by atoms with Crippen molar-refractivity contribution in [2.24, 2.45) is 11.1 Å². The Balaban J connectivity index is 2.78. The quantitative estimate of drug-likeness (QED) is 0.880. The summed E-state index contributed by atoms with van der Waals surface area (Å²) in [6.45, 7) is 6.19. The second-order valence-electron chi connectivity index (χ2n) is 6.04. The van der Waals surface area contributed by atoms with Gasteiger partial charge in [-0.1, -0.05) is 26.8 Å². The molecule has 5 heteroatoms. The average molecular weight is 280 g/mol. The number of ether oxygens (including phenoxy) is 1. The van der Waals surface area contributed by atoms with Gasteiger partial charge in [0.1, 0.15) is 0 Å². The number of likely N-dealkylation sites (N-methyl/N-ethyl adjacent to an activating group) is 1. The molecule has 0 aliphatic heterocycles. The fraction of sp³-hybridized carbons (Fsp3) is 0.533. The Morgan fingerprint density at radius 2 is 2.05 bits per heavy atom. The second-order valence-corrected chi connectivity index (χ2v) is 6.04. The Bertz CT molecular complexity index is 480. The standard InChI is InChI=1S/C15H24N2O3/c1-15(2,3)13(16)14(19)17(4)9-10-6-7-12(20-5)11(18)8-10/h6-8,13,18H,9,16H2,1-5H3/t13-/m1/s1. The maximum atomic E-state index is 12.2. The van der Waals surface area contributed by atoms with Crippen molar-refractivity contribution in [2.45, 2.75) is 33.4 Å². The highest BCUT2D eigenvalue weighted by molar-refractivity contribution is 5.82. The van der Waals surface area contributed by atoms with Crippen LogP contribution >= 0.6 is 0 Å². The molecule has 0 saturated heterocycles. The van der Waals surface area contributed by atoms with Gasteiger partial charge in [0.15, 0.2) is 11.5 Å². The first-order valence-electron chi connectivity index (χ1n) is 6.53. The lowest BCUT2D eigenvalue weighted by atomic mass is 9.86. The number of hydrogen-bond donors (Lipinski definition) is 2. The highest BCUT2D eigenvalue weighted by Crippen LogP contribution is 2.27. The first kappa shape index (κ1) is 16.3. The Kier molecular flexibility index (Phi) is 5.00. The molecule has 1 atom stereocenters. The summed E-state index contributed by atoms with van der Waals surface area (Å²) in [6.07, 6.45) is 0. The van der Waals surface area contributed by atoms with Crippen molar-refractivity contribution >= 4 is 5.91 Å². The van der Waals surface area contributed by atoms with E-state index in [4.69, 9.17) is 10.5 Å². The van der Waals surface area contributed by atoms with Crippen LogP contribution in [-0.4, -0.2) is 36.1 Å². The number of carbonyl (C=O) groups excluding carboxylic acids is 1. The molecule has 0 spiro atoms. The number of hydrogen-bond acceptors (Lipinski definition) is 4. The maximum absolute atomic E-state index is 12.2. The van der Waals surface area contributed by atoms with E-state index in [-0.39, 0.29) is 17.1 Å². The highest BCUT2D eigenvalue weighted by atomic mass is 16.5. The number of nitrogens with two attached hydrogens (primary N) is 1. The molecule has 112 valence electrons. The molecule has 5 nitrogen and oxygen atoms in total. The van der Waals surface area contributed by atoms with Gasteiger partial charge in [-0.2, -0.15) is 0 Å². The molecule has 0 unspecified atom stereocenters. The van der Waals surface area contributed by atoms with E-state index in [1.165, 1.54) is 7.11 Å². The molecule has 0 bridgehead atoms. The number of phenolic OH excluding ortho intramolecular Hbond substituents is 1. The largest absolute Gasteiger partial charge is 0.504 e. The summed E-state index contributed by atoms with van der Waals surface area (Å²) >= 11 is 0. The molecule has 0 saturated carbocycles. The van der Waals surface area contributed by atoms with Gasteiger partial charge < -0.3 is 20.5 Å². The second kappa shape index (κ2) is 6.13. The van der Waals surface area contributed by atoms with Crippen LogP contribution in [0.1, 0.15) is 26.3 Å². The Labute approximate surface area is 120 Å². The van der Waals surface area contributed by atoms with E-state index in [0.29, 0.717) is 12.3 Å². The molecule has 1 aromatic carbocycles. The maximum Gasteiger partial charge on any atom is 0.240 e. The van der Waals surface area contributed by atoms with Crippen LogP contribution < -0.4 is 10.5 Å². The van der Waals surface area contributed by atoms with Crippen LogP contribution in [-0.2, 0) is 11.3 Å². The van der Waals surface area contributed by atoms with Gasteiger partial charge in [0.05, 0.1) is 13.2 Å². The van der Waals surface area contributed by atoms with Crippen molar-refractivity contribution in [3.8, 4) is 11.5 Å². The van der Waals surface area contributed by atoms with E-state index in [9.17, 15) is 9.90 Å². The summed E-state index contributed by atoms with van der Waals surface area (Å²) in [4.78, 5) is 13.8. The smallest absolute Gasteiger partial charge is 0.240 e. The lowest BCUT2D eigenvalue weighted by Crippen LogP contribution is -2.48. The molecule has 1 amide bonds. The van der Waals surface area contributed by atoms with Crippen LogP contribution in [0.2, 0.25) is 0 Å². The van der Waals surface area contributed by atoms with Crippen molar-refractivity contribution in [1.29, 1.82) is 0 Å². The van der Waals surface area contributed by atoms with Crippen molar-refractivity contribution in [3.63, 3.8) is 0 Å². The van der Waals surface area contributed by atoms with Crippen LogP contribution in [0.5, 0.6) is 11.5 Å². The zero-order chi connectivity index (χ0) is 15.5. The lowest BCUT2D eigenvalue weighted by molar-refractivity contribution is -0.134. The van der Waals surface area contributed by atoms with Gasteiger partial charge in [-0.15, -0.1) is 0 Å². The van der Waals surface area contributed by atoms with Crippen molar-refractivity contribution in [1.82, 2.24) is 4.90 Å². The van der Waals surface area contributed by atoms with E-state index >= 15 is 0 Å². The molecule has 0 aliphatic rings. The normalized spacial score (nSPS) is 12.9. The van der Waals surface area contributed by atoms with Crippen LogP contribution in [0.15, 0.2) is 18.2 Å². The number of rotatable bonds is 4. The van der Waals surface area contributed by atoms with Gasteiger partial charge in [0, 0.05) is 13.6 Å². The minimum atomic E-state index is -0.556. The number of aromatic hydroxyl groups is 1. The number of carbonyl (C=O) groups is 1. The monoisotopic (exact) mass is 280 g/mol. The average Bonchev–Trinajstić information content (AvgIpc) is 2.36. The topological polar surface area (TPSA) is 75.8 Å². The fourth-order valence-electron chi connectivity index (χ4n) is 1.79. The molecule has 0 aliphatic carbocycles. The third kappa shape index (κ3) is 3.87. The molecular formula is C15H24N2O3. The Morgan fingerprint density at radius 1 is 1.45 bits per heavy atom. The third-order valence-electron chi connectivity index (χ3n) is 3.24. The Morgan fingerprint density at radius 3 is 2.50 bits per heavy atom. The fourth-order valence-corrected chi connectivity index (χ4v) is 1.79. The van der Waals surface area contributed by atoms with Gasteiger partial charge in [-0.3, -0.25) is 4.79 Å². The van der Waals surface area contributed by atoms with E-state index in [0.717, 1.165) is 5.56 Å². The predicted octanol–water partition coefficient (Wildman–Crippen LogP) is 1.73. The summed E-state index contributed by atoms with van der Waals surface area (Å²) < 4.78 is 4.98. The molecule has 0 heterocycles. The molecule has 20 heavy (non-hydrogen) atoms.